The Kier molecular flexibility index (Phi) is 4.49. The van der Waals surface area contributed by atoms with E-state index in [4.69, 9.17) is 5.73 Å². The number of carbonyl (C=O) groups excluding carboxylic acids is 1. The molecule has 1 aliphatic carbocycles. The van der Waals surface area contributed by atoms with E-state index in [0.29, 0.717) is 24.7 Å². The van der Waals surface area contributed by atoms with Crippen molar-refractivity contribution in [3.63, 3.8) is 0 Å². The van der Waals surface area contributed by atoms with Gasteiger partial charge < -0.3 is 10.6 Å². The third-order valence-corrected chi connectivity index (χ3v) is 4.57. The summed E-state index contributed by atoms with van der Waals surface area (Å²) >= 11 is 1.40. The Morgan fingerprint density at radius 3 is 2.68 bits per heavy atom. The van der Waals surface area contributed by atoms with Crippen LogP contribution < -0.4 is 5.73 Å². The van der Waals surface area contributed by atoms with Crippen LogP contribution in [0.3, 0.4) is 0 Å². The Bertz CT molecular complexity index is 652. The fraction of sp³-hybridized carbons (Fsp3) is 0.375. The first-order valence-corrected chi connectivity index (χ1v) is 8.22. The minimum Gasteiger partial charge on any atom is -0.333 e. The van der Waals surface area contributed by atoms with Crippen LogP contribution in [0.4, 0.5) is 4.39 Å². The summed E-state index contributed by atoms with van der Waals surface area (Å²) in [6.07, 6.45) is 2.33. The standard InChI is InChI=1S/C16H18FN3OS/c17-13-5-3-12(4-6-13)9-20(8-11-1-2-11)16(21)14-10-22-15(7-18)19-14/h3-6,10-11H,1-2,7-9,18H2. The van der Waals surface area contributed by atoms with Crippen molar-refractivity contribution in [2.75, 3.05) is 6.54 Å². The summed E-state index contributed by atoms with van der Waals surface area (Å²) in [5.41, 5.74) is 6.93. The first kappa shape index (κ1) is 15.1. The molecule has 0 saturated heterocycles. The van der Waals surface area contributed by atoms with Gasteiger partial charge in [0.25, 0.3) is 5.91 Å². The van der Waals surface area contributed by atoms with Crippen molar-refractivity contribution >= 4 is 17.2 Å². The van der Waals surface area contributed by atoms with E-state index in [2.05, 4.69) is 4.98 Å². The minimum absolute atomic E-state index is 0.0767. The molecule has 1 aromatic carbocycles. The number of benzene rings is 1. The predicted octanol–water partition coefficient (Wildman–Crippen LogP) is 2.79. The fourth-order valence-corrected chi connectivity index (χ4v) is 2.95. The first-order chi connectivity index (χ1) is 10.7. The normalized spacial score (nSPS) is 14.1. The van der Waals surface area contributed by atoms with Crippen molar-refractivity contribution in [3.05, 3.63) is 51.7 Å². The molecule has 0 bridgehead atoms. The van der Waals surface area contributed by atoms with Gasteiger partial charge in [-0.25, -0.2) is 9.37 Å². The summed E-state index contributed by atoms with van der Waals surface area (Å²) in [6, 6.07) is 6.28. The molecule has 1 fully saturated rings. The molecule has 1 aromatic heterocycles. The molecular weight excluding hydrogens is 301 g/mol. The number of nitrogens with two attached hydrogens (primary N) is 1. The molecule has 0 atom stereocenters. The smallest absolute Gasteiger partial charge is 0.273 e. The van der Waals surface area contributed by atoms with Gasteiger partial charge in [-0.15, -0.1) is 11.3 Å². The van der Waals surface area contributed by atoms with E-state index in [1.165, 1.54) is 23.5 Å². The first-order valence-electron chi connectivity index (χ1n) is 7.34. The molecule has 0 radical (unpaired) electrons. The number of carbonyl (C=O) groups is 1. The summed E-state index contributed by atoms with van der Waals surface area (Å²) < 4.78 is 13.0. The van der Waals surface area contributed by atoms with E-state index in [0.717, 1.165) is 30.0 Å². The quantitative estimate of drug-likeness (QED) is 0.890. The van der Waals surface area contributed by atoms with Gasteiger partial charge in [-0.2, -0.15) is 0 Å². The maximum Gasteiger partial charge on any atom is 0.273 e. The lowest BCUT2D eigenvalue weighted by molar-refractivity contribution is 0.0729. The third-order valence-electron chi connectivity index (χ3n) is 3.69. The summed E-state index contributed by atoms with van der Waals surface area (Å²) in [7, 11) is 0. The Labute approximate surface area is 132 Å². The average molecular weight is 319 g/mol. The topological polar surface area (TPSA) is 59.2 Å². The van der Waals surface area contributed by atoms with Crippen LogP contribution in [0.25, 0.3) is 0 Å². The molecule has 2 N–H and O–H groups in total. The number of rotatable bonds is 6. The van der Waals surface area contributed by atoms with E-state index in [1.54, 1.807) is 22.4 Å². The van der Waals surface area contributed by atoms with Crippen LogP contribution in [-0.2, 0) is 13.1 Å². The molecule has 0 unspecified atom stereocenters. The highest BCUT2D eigenvalue weighted by molar-refractivity contribution is 7.09. The molecule has 1 aliphatic rings. The summed E-state index contributed by atoms with van der Waals surface area (Å²) in [4.78, 5) is 18.7. The molecule has 3 rings (SSSR count). The van der Waals surface area contributed by atoms with Crippen LogP contribution in [0, 0.1) is 11.7 Å². The second-order valence-corrected chi connectivity index (χ2v) is 6.53. The second kappa shape index (κ2) is 6.54. The molecule has 0 aliphatic heterocycles. The van der Waals surface area contributed by atoms with Gasteiger partial charge in [-0.3, -0.25) is 4.79 Å². The maximum absolute atomic E-state index is 13.0. The molecule has 1 saturated carbocycles. The number of halogens is 1. The molecule has 22 heavy (non-hydrogen) atoms. The average Bonchev–Trinajstić information content (AvgIpc) is 3.21. The Hall–Kier alpha value is -1.79. The van der Waals surface area contributed by atoms with Gasteiger partial charge in [0.1, 0.15) is 16.5 Å². The van der Waals surface area contributed by atoms with Crippen LogP contribution in [0.2, 0.25) is 0 Å². The minimum atomic E-state index is -0.268. The van der Waals surface area contributed by atoms with Gasteiger partial charge in [0.05, 0.1) is 0 Å². The second-order valence-electron chi connectivity index (χ2n) is 5.59. The van der Waals surface area contributed by atoms with Crippen LogP contribution in [-0.4, -0.2) is 22.3 Å². The van der Waals surface area contributed by atoms with E-state index < -0.39 is 0 Å². The van der Waals surface area contributed by atoms with E-state index >= 15 is 0 Å². The van der Waals surface area contributed by atoms with Crippen LogP contribution in [0.1, 0.15) is 33.9 Å². The van der Waals surface area contributed by atoms with Gasteiger partial charge in [0.2, 0.25) is 0 Å². The largest absolute Gasteiger partial charge is 0.333 e. The zero-order valence-electron chi connectivity index (χ0n) is 12.2. The zero-order valence-corrected chi connectivity index (χ0v) is 13.0. The lowest BCUT2D eigenvalue weighted by Gasteiger charge is -2.22. The lowest BCUT2D eigenvalue weighted by atomic mass is 10.2. The highest BCUT2D eigenvalue weighted by atomic mass is 32.1. The third kappa shape index (κ3) is 3.69. The number of hydrogen-bond acceptors (Lipinski definition) is 4. The highest BCUT2D eigenvalue weighted by Crippen LogP contribution is 2.30. The number of hydrogen-bond donors (Lipinski definition) is 1. The predicted molar refractivity (Wildman–Crippen MR) is 83.9 cm³/mol. The summed E-state index contributed by atoms with van der Waals surface area (Å²) in [5, 5.41) is 2.52. The molecule has 116 valence electrons. The van der Waals surface area contributed by atoms with Crippen molar-refractivity contribution in [3.8, 4) is 0 Å². The lowest BCUT2D eigenvalue weighted by Crippen LogP contribution is -2.32. The maximum atomic E-state index is 13.0. The number of thiazole rings is 1. The van der Waals surface area contributed by atoms with Crippen molar-refractivity contribution in [2.24, 2.45) is 11.7 Å². The summed E-state index contributed by atoms with van der Waals surface area (Å²) in [5.74, 6) is 0.236. The number of amides is 1. The molecule has 0 spiro atoms. The SMILES string of the molecule is NCc1nc(C(=O)N(Cc2ccc(F)cc2)CC2CC2)cs1. The number of aromatic nitrogens is 1. The molecule has 6 heteroatoms. The van der Waals surface area contributed by atoms with Gasteiger partial charge in [0.15, 0.2) is 0 Å². The molecule has 1 amide bonds. The van der Waals surface area contributed by atoms with Gasteiger partial charge in [0, 0.05) is 25.0 Å². The van der Waals surface area contributed by atoms with Crippen molar-refractivity contribution < 1.29 is 9.18 Å². The Balaban J connectivity index is 1.75. The zero-order chi connectivity index (χ0) is 15.5. The monoisotopic (exact) mass is 319 g/mol. The van der Waals surface area contributed by atoms with Crippen molar-refractivity contribution in [2.45, 2.75) is 25.9 Å². The van der Waals surface area contributed by atoms with Gasteiger partial charge in [-0.05, 0) is 36.5 Å². The molecule has 4 nitrogen and oxygen atoms in total. The molecule has 2 aromatic rings. The Morgan fingerprint density at radius 2 is 2.09 bits per heavy atom. The van der Waals surface area contributed by atoms with Crippen LogP contribution in [0.15, 0.2) is 29.6 Å². The molecule has 1 heterocycles. The molecular formula is C16H18FN3OS. The fourth-order valence-electron chi connectivity index (χ4n) is 2.31. The van der Waals surface area contributed by atoms with Crippen molar-refractivity contribution in [1.29, 1.82) is 0 Å². The highest BCUT2D eigenvalue weighted by Gasteiger charge is 2.28. The van der Waals surface area contributed by atoms with Gasteiger partial charge >= 0.3 is 0 Å². The van der Waals surface area contributed by atoms with Crippen molar-refractivity contribution in [1.82, 2.24) is 9.88 Å². The van der Waals surface area contributed by atoms with E-state index in [1.807, 2.05) is 0 Å². The number of nitrogens with zero attached hydrogens (tertiary/aromatic N) is 2. The Morgan fingerprint density at radius 1 is 1.36 bits per heavy atom. The summed E-state index contributed by atoms with van der Waals surface area (Å²) in [6.45, 7) is 1.55. The van der Waals surface area contributed by atoms with Gasteiger partial charge in [-0.1, -0.05) is 12.1 Å². The van der Waals surface area contributed by atoms with E-state index in [-0.39, 0.29) is 11.7 Å². The van der Waals surface area contributed by atoms with E-state index in [9.17, 15) is 9.18 Å². The van der Waals surface area contributed by atoms with Crippen LogP contribution >= 0.6 is 11.3 Å². The van der Waals surface area contributed by atoms with Crippen LogP contribution in [0.5, 0.6) is 0 Å².